The number of anilines is 1. The van der Waals surface area contributed by atoms with Gasteiger partial charge in [0.05, 0.1) is 5.92 Å². The van der Waals surface area contributed by atoms with Crippen LogP contribution in [0.4, 0.5) is 19.0 Å². The summed E-state index contributed by atoms with van der Waals surface area (Å²) in [4.78, 5) is 10.1. The molecule has 0 aliphatic carbocycles. The van der Waals surface area contributed by atoms with Crippen molar-refractivity contribution in [3.8, 4) is 0 Å². The van der Waals surface area contributed by atoms with Gasteiger partial charge in [0, 0.05) is 18.7 Å². The van der Waals surface area contributed by atoms with Crippen molar-refractivity contribution in [2.75, 3.05) is 18.0 Å². The molecule has 0 saturated carbocycles. The zero-order valence-electron chi connectivity index (χ0n) is 11.3. The standard InChI is InChI=1S/C13H17ClF3N3/c1-2-3-10-11(14)18-8-19-12(10)20-6-4-9(5-7-20)13(15,16)17/h8-9H,2-7H2,1H3. The third kappa shape index (κ3) is 3.34. The van der Waals surface area contributed by atoms with Crippen molar-refractivity contribution in [2.45, 2.75) is 38.8 Å². The van der Waals surface area contributed by atoms with Gasteiger partial charge in [-0.25, -0.2) is 9.97 Å². The van der Waals surface area contributed by atoms with E-state index in [9.17, 15) is 13.2 Å². The van der Waals surface area contributed by atoms with E-state index in [1.165, 1.54) is 6.33 Å². The van der Waals surface area contributed by atoms with Gasteiger partial charge >= 0.3 is 6.18 Å². The van der Waals surface area contributed by atoms with Gasteiger partial charge in [-0.1, -0.05) is 24.9 Å². The van der Waals surface area contributed by atoms with Crippen molar-refractivity contribution in [3.63, 3.8) is 0 Å². The lowest BCUT2D eigenvalue weighted by atomic mass is 9.96. The second kappa shape index (κ2) is 6.16. The smallest absolute Gasteiger partial charge is 0.356 e. The number of alkyl halides is 3. The van der Waals surface area contributed by atoms with Crippen LogP contribution in [0.5, 0.6) is 0 Å². The molecule has 1 aromatic rings. The van der Waals surface area contributed by atoms with Crippen LogP contribution in [0, 0.1) is 5.92 Å². The van der Waals surface area contributed by atoms with Crippen molar-refractivity contribution < 1.29 is 13.2 Å². The first-order valence-electron chi connectivity index (χ1n) is 6.74. The molecular formula is C13H17ClF3N3. The molecule has 1 aromatic heterocycles. The number of piperidine rings is 1. The molecule has 3 nitrogen and oxygen atoms in total. The Hall–Kier alpha value is -1.04. The van der Waals surface area contributed by atoms with Gasteiger partial charge in [0.1, 0.15) is 17.3 Å². The van der Waals surface area contributed by atoms with E-state index in [4.69, 9.17) is 11.6 Å². The number of halogens is 4. The van der Waals surface area contributed by atoms with E-state index in [1.54, 1.807) is 0 Å². The maximum Gasteiger partial charge on any atom is 0.391 e. The Morgan fingerprint density at radius 1 is 1.30 bits per heavy atom. The Labute approximate surface area is 121 Å². The first-order chi connectivity index (χ1) is 9.43. The fraction of sp³-hybridized carbons (Fsp3) is 0.692. The molecule has 2 heterocycles. The van der Waals surface area contributed by atoms with Crippen LogP contribution in [0.15, 0.2) is 6.33 Å². The zero-order chi connectivity index (χ0) is 14.8. The van der Waals surface area contributed by atoms with Crippen molar-refractivity contribution in [2.24, 2.45) is 5.92 Å². The first kappa shape index (κ1) is 15.4. The van der Waals surface area contributed by atoms with Gasteiger partial charge in [-0.15, -0.1) is 0 Å². The second-order valence-corrected chi connectivity index (χ2v) is 5.38. The summed E-state index contributed by atoms with van der Waals surface area (Å²) >= 11 is 6.07. The third-order valence-electron chi connectivity index (χ3n) is 3.63. The van der Waals surface area contributed by atoms with Gasteiger partial charge in [0.25, 0.3) is 0 Å². The topological polar surface area (TPSA) is 29.0 Å². The molecule has 0 radical (unpaired) electrons. The van der Waals surface area contributed by atoms with Crippen LogP contribution < -0.4 is 4.90 Å². The summed E-state index contributed by atoms with van der Waals surface area (Å²) in [6.45, 7) is 2.73. The molecule has 0 amide bonds. The van der Waals surface area contributed by atoms with E-state index >= 15 is 0 Å². The Morgan fingerprint density at radius 2 is 1.95 bits per heavy atom. The molecular weight excluding hydrogens is 291 g/mol. The fourth-order valence-electron chi connectivity index (χ4n) is 2.54. The van der Waals surface area contributed by atoms with Crippen molar-refractivity contribution >= 4 is 17.4 Å². The maximum atomic E-state index is 12.7. The Bertz CT molecular complexity index is 457. The highest BCUT2D eigenvalue weighted by molar-refractivity contribution is 6.30. The van der Waals surface area contributed by atoms with Crippen LogP contribution >= 0.6 is 11.6 Å². The SMILES string of the molecule is CCCc1c(Cl)ncnc1N1CCC(C(F)(F)F)CC1. The van der Waals surface area contributed by atoms with Crippen LogP contribution in [-0.2, 0) is 6.42 Å². The summed E-state index contributed by atoms with van der Waals surface area (Å²) < 4.78 is 38.0. The van der Waals surface area contributed by atoms with Crippen LogP contribution in [0.25, 0.3) is 0 Å². The summed E-state index contributed by atoms with van der Waals surface area (Å²) in [7, 11) is 0. The van der Waals surface area contributed by atoms with Crippen molar-refractivity contribution in [3.05, 3.63) is 17.0 Å². The first-order valence-corrected chi connectivity index (χ1v) is 7.12. The highest BCUT2D eigenvalue weighted by Gasteiger charge is 2.41. The molecule has 1 fully saturated rings. The van der Waals surface area contributed by atoms with E-state index in [1.807, 2.05) is 11.8 Å². The van der Waals surface area contributed by atoms with E-state index < -0.39 is 12.1 Å². The average Bonchev–Trinajstić information content (AvgIpc) is 2.40. The van der Waals surface area contributed by atoms with E-state index in [0.717, 1.165) is 18.4 Å². The molecule has 0 spiro atoms. The number of hydrogen-bond donors (Lipinski definition) is 0. The molecule has 0 unspecified atom stereocenters. The molecule has 20 heavy (non-hydrogen) atoms. The molecule has 1 aliphatic heterocycles. The number of rotatable bonds is 3. The van der Waals surface area contributed by atoms with Crippen molar-refractivity contribution in [1.29, 1.82) is 0 Å². The molecule has 1 saturated heterocycles. The van der Waals surface area contributed by atoms with Gasteiger partial charge in [-0.2, -0.15) is 13.2 Å². The second-order valence-electron chi connectivity index (χ2n) is 5.02. The van der Waals surface area contributed by atoms with Gasteiger partial charge in [-0.05, 0) is 19.3 Å². The summed E-state index contributed by atoms with van der Waals surface area (Å²) in [6.07, 6.45) is -0.894. The molecule has 1 aliphatic rings. The lowest BCUT2D eigenvalue weighted by molar-refractivity contribution is -0.179. The van der Waals surface area contributed by atoms with E-state index in [-0.39, 0.29) is 12.8 Å². The van der Waals surface area contributed by atoms with Gasteiger partial charge in [-0.3, -0.25) is 0 Å². The monoisotopic (exact) mass is 307 g/mol. The Morgan fingerprint density at radius 3 is 2.50 bits per heavy atom. The predicted molar refractivity (Wildman–Crippen MR) is 72.0 cm³/mol. The van der Waals surface area contributed by atoms with Crippen LogP contribution in [0.3, 0.4) is 0 Å². The molecule has 112 valence electrons. The highest BCUT2D eigenvalue weighted by Crippen LogP contribution is 2.36. The largest absolute Gasteiger partial charge is 0.391 e. The predicted octanol–water partition coefficient (Wildman–Crippen LogP) is 3.86. The molecule has 7 heteroatoms. The lowest BCUT2D eigenvalue weighted by Crippen LogP contribution is -2.39. The molecule has 0 N–H and O–H groups in total. The number of nitrogens with zero attached hydrogens (tertiary/aromatic N) is 3. The van der Waals surface area contributed by atoms with Crippen LogP contribution in [-0.4, -0.2) is 29.2 Å². The summed E-state index contributed by atoms with van der Waals surface area (Å²) in [5.74, 6) is -0.516. The van der Waals surface area contributed by atoms with Crippen LogP contribution in [0.1, 0.15) is 31.7 Å². The minimum atomic E-state index is -4.10. The highest BCUT2D eigenvalue weighted by atomic mass is 35.5. The molecule has 0 atom stereocenters. The summed E-state index contributed by atoms with van der Waals surface area (Å²) in [5.41, 5.74) is 0.835. The summed E-state index contributed by atoms with van der Waals surface area (Å²) in [6, 6.07) is 0. The van der Waals surface area contributed by atoms with Gasteiger partial charge < -0.3 is 4.90 Å². The van der Waals surface area contributed by atoms with E-state index in [0.29, 0.717) is 24.1 Å². The molecule has 0 aromatic carbocycles. The molecule has 0 bridgehead atoms. The molecule has 2 rings (SSSR count). The Kier molecular flexibility index (Phi) is 4.73. The Balaban J connectivity index is 2.13. The van der Waals surface area contributed by atoms with E-state index in [2.05, 4.69) is 9.97 Å². The zero-order valence-corrected chi connectivity index (χ0v) is 12.0. The van der Waals surface area contributed by atoms with Gasteiger partial charge in [0.2, 0.25) is 0 Å². The lowest BCUT2D eigenvalue weighted by Gasteiger charge is -2.34. The number of aromatic nitrogens is 2. The van der Waals surface area contributed by atoms with Crippen LogP contribution in [0.2, 0.25) is 5.15 Å². The summed E-state index contributed by atoms with van der Waals surface area (Å²) in [5, 5.41) is 0.398. The fourth-order valence-corrected chi connectivity index (χ4v) is 2.76. The van der Waals surface area contributed by atoms with Gasteiger partial charge in [0.15, 0.2) is 0 Å². The quantitative estimate of drug-likeness (QED) is 0.794. The average molecular weight is 308 g/mol. The third-order valence-corrected chi connectivity index (χ3v) is 3.95. The minimum Gasteiger partial charge on any atom is -0.356 e. The van der Waals surface area contributed by atoms with Crippen molar-refractivity contribution in [1.82, 2.24) is 9.97 Å². The minimum absolute atomic E-state index is 0.108. The maximum absolute atomic E-state index is 12.7. The normalized spacial score (nSPS) is 17.6. The number of hydrogen-bond acceptors (Lipinski definition) is 3.